The molecule has 6 nitrogen and oxygen atoms in total. The lowest BCUT2D eigenvalue weighted by atomic mass is 9.96. The number of amides is 1. The molecule has 2 aliphatic rings. The fraction of sp³-hybridized carbons (Fsp3) is 0.526. The van der Waals surface area contributed by atoms with Gasteiger partial charge in [-0.1, -0.05) is 6.07 Å². The fourth-order valence-corrected chi connectivity index (χ4v) is 3.23. The molecule has 0 bridgehead atoms. The first-order chi connectivity index (χ1) is 11.9. The van der Waals surface area contributed by atoms with Gasteiger partial charge in [0.1, 0.15) is 5.60 Å². The highest BCUT2D eigenvalue weighted by molar-refractivity contribution is 5.75. The summed E-state index contributed by atoms with van der Waals surface area (Å²) in [7, 11) is 0. The molecule has 2 heterocycles. The summed E-state index contributed by atoms with van der Waals surface area (Å²) in [5.41, 5.74) is 2.58. The third-order valence-corrected chi connectivity index (χ3v) is 4.44. The Bertz CT molecular complexity index is 660. The van der Waals surface area contributed by atoms with Gasteiger partial charge in [-0.3, -0.25) is 4.90 Å². The SMILES string of the molecule is CC(C)(C)OC(=O)N1C=Cc2cc(N3CCNCC3)ccc2C1CO. The van der Waals surface area contributed by atoms with Crippen LogP contribution in [0.3, 0.4) is 0 Å². The monoisotopic (exact) mass is 345 g/mol. The number of benzene rings is 1. The lowest BCUT2D eigenvalue weighted by Gasteiger charge is -2.35. The van der Waals surface area contributed by atoms with Crippen molar-refractivity contribution >= 4 is 17.9 Å². The first kappa shape index (κ1) is 17.8. The fourth-order valence-electron chi connectivity index (χ4n) is 3.23. The molecule has 1 fully saturated rings. The Labute approximate surface area is 149 Å². The Hall–Kier alpha value is -2.05. The lowest BCUT2D eigenvalue weighted by molar-refractivity contribution is 0.0209. The van der Waals surface area contributed by atoms with Gasteiger partial charge in [-0.05, 0) is 50.1 Å². The molecular weight excluding hydrogens is 318 g/mol. The van der Waals surface area contributed by atoms with Gasteiger partial charge in [0, 0.05) is 38.1 Å². The number of piperazine rings is 1. The quantitative estimate of drug-likeness (QED) is 0.861. The van der Waals surface area contributed by atoms with E-state index in [9.17, 15) is 9.90 Å². The van der Waals surface area contributed by atoms with Gasteiger partial charge in [0.05, 0.1) is 12.6 Å². The third kappa shape index (κ3) is 3.96. The van der Waals surface area contributed by atoms with Crippen LogP contribution in [-0.4, -0.2) is 54.5 Å². The topological polar surface area (TPSA) is 65.0 Å². The minimum Gasteiger partial charge on any atom is -0.443 e. The highest BCUT2D eigenvalue weighted by atomic mass is 16.6. The zero-order chi connectivity index (χ0) is 18.0. The van der Waals surface area contributed by atoms with Crippen LogP contribution in [0, 0.1) is 0 Å². The molecule has 0 aliphatic carbocycles. The van der Waals surface area contributed by atoms with Gasteiger partial charge in [-0.25, -0.2) is 4.79 Å². The second-order valence-electron chi connectivity index (χ2n) is 7.45. The van der Waals surface area contributed by atoms with Crippen LogP contribution in [0.15, 0.2) is 24.4 Å². The predicted octanol–water partition coefficient (Wildman–Crippen LogP) is 2.35. The molecule has 2 aliphatic heterocycles. The van der Waals surface area contributed by atoms with Crippen LogP contribution in [0.5, 0.6) is 0 Å². The summed E-state index contributed by atoms with van der Waals surface area (Å²) in [6.07, 6.45) is 3.18. The molecule has 1 aromatic carbocycles. The molecule has 6 heteroatoms. The van der Waals surface area contributed by atoms with E-state index in [1.807, 2.05) is 32.9 Å². The standard InChI is InChI=1S/C19H27N3O3/c1-19(2,3)25-18(24)22-9-6-14-12-15(21-10-7-20-8-11-21)4-5-16(14)17(22)13-23/h4-6,9,12,17,20,23H,7-8,10-11,13H2,1-3H3. The number of hydrogen-bond acceptors (Lipinski definition) is 5. The number of hydrogen-bond donors (Lipinski definition) is 2. The Morgan fingerprint density at radius 2 is 2.04 bits per heavy atom. The minimum atomic E-state index is -0.572. The van der Waals surface area contributed by atoms with Crippen molar-refractivity contribution in [1.82, 2.24) is 10.2 Å². The highest BCUT2D eigenvalue weighted by Gasteiger charge is 2.31. The van der Waals surface area contributed by atoms with Crippen LogP contribution in [0.2, 0.25) is 0 Å². The Kier molecular flexibility index (Phi) is 5.01. The molecule has 0 aromatic heterocycles. The van der Waals surface area contributed by atoms with Gasteiger partial charge in [-0.15, -0.1) is 0 Å². The summed E-state index contributed by atoms with van der Waals surface area (Å²) >= 11 is 0. The van der Waals surface area contributed by atoms with Crippen LogP contribution >= 0.6 is 0 Å². The molecule has 0 saturated carbocycles. The molecule has 3 rings (SSSR count). The largest absolute Gasteiger partial charge is 0.443 e. The molecule has 2 N–H and O–H groups in total. The Morgan fingerprint density at radius 3 is 2.68 bits per heavy atom. The molecule has 1 unspecified atom stereocenters. The number of carbonyl (C=O) groups excluding carboxylic acids is 1. The molecule has 136 valence electrons. The Balaban J connectivity index is 1.84. The third-order valence-electron chi connectivity index (χ3n) is 4.44. The van der Waals surface area contributed by atoms with Gasteiger partial charge in [0.2, 0.25) is 0 Å². The zero-order valence-corrected chi connectivity index (χ0v) is 15.2. The number of anilines is 1. The number of aliphatic hydroxyl groups excluding tert-OH is 1. The van der Waals surface area contributed by atoms with E-state index < -0.39 is 17.7 Å². The Morgan fingerprint density at radius 1 is 1.32 bits per heavy atom. The number of carbonyl (C=O) groups is 1. The first-order valence-corrected chi connectivity index (χ1v) is 8.79. The summed E-state index contributed by atoms with van der Waals surface area (Å²) in [4.78, 5) is 16.2. The van der Waals surface area contributed by atoms with Gasteiger partial charge < -0.3 is 20.1 Å². The maximum atomic E-state index is 12.4. The van der Waals surface area contributed by atoms with Gasteiger partial charge in [-0.2, -0.15) is 0 Å². The summed E-state index contributed by atoms with van der Waals surface area (Å²) < 4.78 is 5.45. The second kappa shape index (κ2) is 7.06. The van der Waals surface area contributed by atoms with E-state index in [1.54, 1.807) is 6.20 Å². The van der Waals surface area contributed by atoms with E-state index in [1.165, 1.54) is 10.6 Å². The average Bonchev–Trinajstić information content (AvgIpc) is 2.59. The maximum Gasteiger partial charge on any atom is 0.414 e. The van der Waals surface area contributed by atoms with Crippen molar-refractivity contribution in [2.45, 2.75) is 32.4 Å². The summed E-state index contributed by atoms with van der Waals surface area (Å²) in [6.45, 7) is 9.29. The summed E-state index contributed by atoms with van der Waals surface area (Å²) in [6, 6.07) is 5.78. The van der Waals surface area contributed by atoms with E-state index in [4.69, 9.17) is 4.74 Å². The van der Waals surface area contributed by atoms with Crippen molar-refractivity contribution in [3.63, 3.8) is 0 Å². The van der Waals surface area contributed by atoms with Crippen LogP contribution in [0.4, 0.5) is 10.5 Å². The van der Waals surface area contributed by atoms with Crippen molar-refractivity contribution in [2.75, 3.05) is 37.7 Å². The van der Waals surface area contributed by atoms with Crippen molar-refractivity contribution < 1.29 is 14.6 Å². The molecule has 0 radical (unpaired) electrons. The molecule has 1 amide bonds. The second-order valence-corrected chi connectivity index (χ2v) is 7.45. The van der Waals surface area contributed by atoms with Crippen molar-refractivity contribution in [3.05, 3.63) is 35.5 Å². The molecular formula is C19H27N3O3. The van der Waals surface area contributed by atoms with E-state index in [-0.39, 0.29) is 6.61 Å². The number of ether oxygens (including phenoxy) is 1. The molecule has 1 atom stereocenters. The van der Waals surface area contributed by atoms with Crippen molar-refractivity contribution in [1.29, 1.82) is 0 Å². The molecule has 1 saturated heterocycles. The lowest BCUT2D eigenvalue weighted by Crippen LogP contribution is -2.43. The normalized spacial score (nSPS) is 20.4. The summed E-state index contributed by atoms with van der Waals surface area (Å²) in [5.74, 6) is 0. The number of aliphatic hydroxyl groups is 1. The van der Waals surface area contributed by atoms with Crippen LogP contribution in [-0.2, 0) is 4.74 Å². The van der Waals surface area contributed by atoms with Crippen LogP contribution < -0.4 is 10.2 Å². The molecule has 0 spiro atoms. The summed E-state index contributed by atoms with van der Waals surface area (Å²) in [5, 5.41) is 13.2. The van der Waals surface area contributed by atoms with Crippen molar-refractivity contribution in [3.8, 4) is 0 Å². The van der Waals surface area contributed by atoms with E-state index >= 15 is 0 Å². The van der Waals surface area contributed by atoms with Crippen molar-refractivity contribution in [2.24, 2.45) is 0 Å². The molecule has 25 heavy (non-hydrogen) atoms. The number of nitrogens with zero attached hydrogens (tertiary/aromatic N) is 2. The predicted molar refractivity (Wildman–Crippen MR) is 98.5 cm³/mol. The molecule has 1 aromatic rings. The zero-order valence-electron chi connectivity index (χ0n) is 15.2. The smallest absolute Gasteiger partial charge is 0.414 e. The van der Waals surface area contributed by atoms with E-state index in [2.05, 4.69) is 22.3 Å². The van der Waals surface area contributed by atoms with E-state index in [0.29, 0.717) is 0 Å². The van der Waals surface area contributed by atoms with Gasteiger partial charge >= 0.3 is 6.09 Å². The average molecular weight is 345 g/mol. The van der Waals surface area contributed by atoms with Crippen LogP contribution in [0.1, 0.15) is 37.9 Å². The number of fused-ring (bicyclic) bond motifs is 1. The van der Waals surface area contributed by atoms with Gasteiger partial charge in [0.15, 0.2) is 0 Å². The highest BCUT2D eigenvalue weighted by Crippen LogP contribution is 2.33. The maximum absolute atomic E-state index is 12.4. The number of rotatable bonds is 2. The van der Waals surface area contributed by atoms with E-state index in [0.717, 1.165) is 37.3 Å². The number of nitrogens with one attached hydrogen (secondary N) is 1. The van der Waals surface area contributed by atoms with Gasteiger partial charge in [0.25, 0.3) is 0 Å². The minimum absolute atomic E-state index is 0.149. The first-order valence-electron chi connectivity index (χ1n) is 8.79. The van der Waals surface area contributed by atoms with Crippen LogP contribution in [0.25, 0.3) is 6.08 Å².